The molecule has 6 nitrogen and oxygen atoms in total. The van der Waals surface area contributed by atoms with E-state index < -0.39 is 15.9 Å². The molecule has 0 atom stereocenters. The second kappa shape index (κ2) is 6.54. The number of benzene rings is 1. The molecule has 0 bridgehead atoms. The molecule has 0 N–H and O–H groups in total. The molecule has 0 saturated heterocycles. The number of carbonyl (C=O) groups excluding carboxylic acids is 1. The van der Waals surface area contributed by atoms with Crippen LogP contribution in [0.15, 0.2) is 34.9 Å². The van der Waals surface area contributed by atoms with Gasteiger partial charge < -0.3 is 4.90 Å². The van der Waals surface area contributed by atoms with Gasteiger partial charge in [-0.25, -0.2) is 8.42 Å². The number of sulfonamides is 1. The molecular weight excluding hydrogens is 314 g/mol. The summed E-state index contributed by atoms with van der Waals surface area (Å²) in [4.78, 5) is 14.4. The van der Waals surface area contributed by atoms with Crippen LogP contribution >= 0.6 is 0 Å². The summed E-state index contributed by atoms with van der Waals surface area (Å²) in [5, 5.41) is 3.83. The summed E-state index contributed by atoms with van der Waals surface area (Å²) in [5.41, 5.74) is 2.63. The van der Waals surface area contributed by atoms with Gasteiger partial charge in [0.2, 0.25) is 0 Å². The average molecular weight is 335 g/mol. The van der Waals surface area contributed by atoms with Crippen LogP contribution in [0.25, 0.3) is 6.08 Å². The first-order valence-electron chi connectivity index (χ1n) is 7.44. The summed E-state index contributed by atoms with van der Waals surface area (Å²) in [5.74, 6) is -0.613. The molecule has 0 spiro atoms. The van der Waals surface area contributed by atoms with Crippen LogP contribution in [0.1, 0.15) is 26.3 Å². The van der Waals surface area contributed by atoms with Crippen molar-refractivity contribution in [1.29, 1.82) is 0 Å². The van der Waals surface area contributed by atoms with Crippen LogP contribution in [0.2, 0.25) is 0 Å². The Labute approximate surface area is 137 Å². The molecule has 0 aromatic heterocycles. The topological polar surface area (TPSA) is 70.1 Å². The SMILES string of the molecule is CCN(CC)c1ccc(C=C2C(=O)N(S(C)(=O)=O)N=C2C)cc1. The van der Waals surface area contributed by atoms with Gasteiger partial charge in [-0.05, 0) is 44.5 Å². The lowest BCUT2D eigenvalue weighted by Crippen LogP contribution is -2.28. The maximum absolute atomic E-state index is 12.2. The summed E-state index contributed by atoms with van der Waals surface area (Å²) >= 11 is 0. The van der Waals surface area contributed by atoms with Gasteiger partial charge in [-0.15, -0.1) is 4.41 Å². The maximum atomic E-state index is 12.2. The zero-order valence-corrected chi connectivity index (χ0v) is 14.6. The van der Waals surface area contributed by atoms with Crippen molar-refractivity contribution < 1.29 is 13.2 Å². The van der Waals surface area contributed by atoms with Crippen LogP contribution in [-0.2, 0) is 14.8 Å². The Balaban J connectivity index is 2.29. The number of nitrogens with zero attached hydrogens (tertiary/aromatic N) is 3. The van der Waals surface area contributed by atoms with E-state index in [0.29, 0.717) is 15.7 Å². The molecular formula is C16H21N3O3S. The minimum atomic E-state index is -3.69. The fourth-order valence-electron chi connectivity index (χ4n) is 2.42. The summed E-state index contributed by atoms with van der Waals surface area (Å²) in [6, 6.07) is 7.79. The number of carbonyl (C=O) groups is 1. The molecule has 1 amide bonds. The Morgan fingerprint density at radius 3 is 2.17 bits per heavy atom. The van der Waals surface area contributed by atoms with Gasteiger partial charge in [0.15, 0.2) is 0 Å². The first-order chi connectivity index (χ1) is 10.8. The summed E-state index contributed by atoms with van der Waals surface area (Å²) in [6.07, 6.45) is 2.63. The molecule has 1 aromatic carbocycles. The van der Waals surface area contributed by atoms with Gasteiger partial charge in [-0.3, -0.25) is 4.79 Å². The molecule has 0 unspecified atom stereocenters. The number of hydrogen-bond acceptors (Lipinski definition) is 5. The third-order valence-corrected chi connectivity index (χ3v) is 4.56. The van der Waals surface area contributed by atoms with Gasteiger partial charge in [0.05, 0.1) is 17.5 Å². The van der Waals surface area contributed by atoms with Crippen LogP contribution in [-0.4, -0.2) is 43.8 Å². The zero-order valence-electron chi connectivity index (χ0n) is 13.8. The number of rotatable bonds is 5. The van der Waals surface area contributed by atoms with Crippen molar-refractivity contribution in [2.75, 3.05) is 24.2 Å². The Morgan fingerprint density at radius 1 is 1.17 bits per heavy atom. The van der Waals surface area contributed by atoms with Gasteiger partial charge >= 0.3 is 0 Å². The minimum Gasteiger partial charge on any atom is -0.372 e. The molecule has 0 aliphatic carbocycles. The molecule has 124 valence electrons. The normalized spacial score (nSPS) is 16.9. The van der Waals surface area contributed by atoms with Crippen LogP contribution in [0.5, 0.6) is 0 Å². The number of hydrazone groups is 1. The first kappa shape index (κ1) is 17.2. The molecule has 0 saturated carbocycles. The van der Waals surface area contributed by atoms with E-state index in [1.165, 1.54) is 0 Å². The summed E-state index contributed by atoms with van der Waals surface area (Å²) in [6.45, 7) is 7.65. The van der Waals surface area contributed by atoms with Crippen molar-refractivity contribution >= 4 is 33.4 Å². The molecule has 2 rings (SSSR count). The molecule has 1 heterocycles. The number of amides is 1. The highest BCUT2D eigenvalue weighted by molar-refractivity contribution is 7.88. The van der Waals surface area contributed by atoms with Crippen molar-refractivity contribution in [3.8, 4) is 0 Å². The van der Waals surface area contributed by atoms with E-state index in [0.717, 1.165) is 30.6 Å². The van der Waals surface area contributed by atoms with E-state index in [1.807, 2.05) is 24.3 Å². The van der Waals surface area contributed by atoms with Gasteiger partial charge in [0, 0.05) is 18.8 Å². The van der Waals surface area contributed by atoms with E-state index in [2.05, 4.69) is 23.8 Å². The van der Waals surface area contributed by atoms with Crippen molar-refractivity contribution in [2.24, 2.45) is 5.10 Å². The third-order valence-electron chi connectivity index (χ3n) is 3.68. The summed E-state index contributed by atoms with van der Waals surface area (Å²) < 4.78 is 23.6. The van der Waals surface area contributed by atoms with Crippen LogP contribution in [0, 0.1) is 0 Å². The largest absolute Gasteiger partial charge is 0.372 e. The lowest BCUT2D eigenvalue weighted by molar-refractivity contribution is -0.121. The number of anilines is 1. The predicted octanol–water partition coefficient (Wildman–Crippen LogP) is 2.09. The van der Waals surface area contributed by atoms with Crippen molar-refractivity contribution in [2.45, 2.75) is 20.8 Å². The molecule has 7 heteroatoms. The predicted molar refractivity (Wildman–Crippen MR) is 92.8 cm³/mol. The monoisotopic (exact) mass is 335 g/mol. The average Bonchev–Trinajstić information content (AvgIpc) is 2.78. The van der Waals surface area contributed by atoms with E-state index in [9.17, 15) is 13.2 Å². The van der Waals surface area contributed by atoms with E-state index in [-0.39, 0.29) is 0 Å². The Hall–Kier alpha value is -2.15. The second-order valence-electron chi connectivity index (χ2n) is 5.32. The third kappa shape index (κ3) is 3.61. The molecule has 23 heavy (non-hydrogen) atoms. The second-order valence-corrected chi connectivity index (χ2v) is 7.13. The summed E-state index contributed by atoms with van der Waals surface area (Å²) in [7, 11) is -3.69. The van der Waals surface area contributed by atoms with Gasteiger partial charge in [0.25, 0.3) is 15.9 Å². The molecule has 0 radical (unpaired) electrons. The Bertz CT molecular complexity index is 760. The van der Waals surface area contributed by atoms with Crippen molar-refractivity contribution in [3.05, 3.63) is 35.4 Å². The highest BCUT2D eigenvalue weighted by Gasteiger charge is 2.33. The molecule has 1 aliphatic heterocycles. The van der Waals surface area contributed by atoms with E-state index in [1.54, 1.807) is 13.0 Å². The lowest BCUT2D eigenvalue weighted by atomic mass is 10.1. The standard InChI is InChI=1S/C16H21N3O3S/c1-5-18(6-2)14-9-7-13(8-10-14)11-15-12(3)17-19(16(15)20)23(4,21)22/h7-11H,5-6H2,1-4H3. The zero-order chi connectivity index (χ0) is 17.2. The molecule has 1 aromatic rings. The minimum absolute atomic E-state index is 0.297. The Morgan fingerprint density at radius 2 is 1.74 bits per heavy atom. The fourth-order valence-corrected chi connectivity index (χ4v) is 3.09. The Kier molecular flexibility index (Phi) is 4.89. The first-order valence-corrected chi connectivity index (χ1v) is 9.29. The van der Waals surface area contributed by atoms with Gasteiger partial charge in [-0.1, -0.05) is 12.1 Å². The van der Waals surface area contributed by atoms with Crippen LogP contribution in [0.4, 0.5) is 5.69 Å². The number of hydrogen-bond donors (Lipinski definition) is 0. The lowest BCUT2D eigenvalue weighted by Gasteiger charge is -2.20. The van der Waals surface area contributed by atoms with E-state index >= 15 is 0 Å². The molecule has 1 aliphatic rings. The smallest absolute Gasteiger partial charge is 0.290 e. The van der Waals surface area contributed by atoms with E-state index in [4.69, 9.17) is 0 Å². The maximum Gasteiger partial charge on any atom is 0.290 e. The highest BCUT2D eigenvalue weighted by Crippen LogP contribution is 2.22. The molecule has 0 fully saturated rings. The van der Waals surface area contributed by atoms with Gasteiger partial charge in [0.1, 0.15) is 0 Å². The highest BCUT2D eigenvalue weighted by atomic mass is 32.2. The van der Waals surface area contributed by atoms with Gasteiger partial charge in [-0.2, -0.15) is 5.10 Å². The van der Waals surface area contributed by atoms with Crippen molar-refractivity contribution in [3.63, 3.8) is 0 Å². The van der Waals surface area contributed by atoms with Crippen molar-refractivity contribution in [1.82, 2.24) is 4.41 Å². The fraction of sp³-hybridized carbons (Fsp3) is 0.375. The quantitative estimate of drug-likeness (QED) is 0.773. The van der Waals surface area contributed by atoms with Crippen LogP contribution < -0.4 is 4.90 Å². The van der Waals surface area contributed by atoms with Crippen LogP contribution in [0.3, 0.4) is 0 Å².